The van der Waals surface area contributed by atoms with E-state index in [9.17, 15) is 21.2 Å². The van der Waals surface area contributed by atoms with Crippen LogP contribution in [0.2, 0.25) is 0 Å². The molecule has 3 aromatic rings. The molecule has 0 amide bonds. The second-order valence-electron chi connectivity index (χ2n) is 7.28. The van der Waals surface area contributed by atoms with Crippen molar-refractivity contribution in [1.82, 2.24) is 4.31 Å². The molecule has 3 rings (SSSR count). The van der Waals surface area contributed by atoms with Crippen LogP contribution >= 0.6 is 0 Å². The molecule has 0 unspecified atom stereocenters. The summed E-state index contributed by atoms with van der Waals surface area (Å²) in [5.74, 6) is -0.509. The Bertz CT molecular complexity index is 1270. The van der Waals surface area contributed by atoms with Gasteiger partial charge in [0.1, 0.15) is 16.5 Å². The summed E-state index contributed by atoms with van der Waals surface area (Å²) in [6.45, 7) is 2.29. The first-order valence-electron chi connectivity index (χ1n) is 9.96. The Morgan fingerprint density at radius 1 is 0.818 bits per heavy atom. The third-order valence-electron chi connectivity index (χ3n) is 4.79. The number of methoxy groups -OCH3 is 1. The number of aryl methyl sites for hydroxylation is 1. The van der Waals surface area contributed by atoms with Crippen molar-refractivity contribution < 1.29 is 30.1 Å². The van der Waals surface area contributed by atoms with E-state index in [0.29, 0.717) is 5.56 Å². The van der Waals surface area contributed by atoms with E-state index >= 15 is 0 Å². The number of nitrogens with zero attached hydrogens (tertiary/aromatic N) is 1. The van der Waals surface area contributed by atoms with Crippen molar-refractivity contribution in [2.45, 2.75) is 23.3 Å². The fourth-order valence-corrected chi connectivity index (χ4v) is 5.31. The molecule has 10 heteroatoms. The lowest BCUT2D eigenvalue weighted by molar-refractivity contribution is 0.177. The summed E-state index contributed by atoms with van der Waals surface area (Å²) in [7, 11) is -6.41. The molecule has 0 saturated heterocycles. The molecule has 3 aromatic carbocycles. The van der Waals surface area contributed by atoms with Crippen molar-refractivity contribution >= 4 is 20.1 Å². The normalized spacial score (nSPS) is 12.1. The first-order valence-corrected chi connectivity index (χ1v) is 12.8. The van der Waals surface area contributed by atoms with Gasteiger partial charge in [0.2, 0.25) is 10.0 Å². The number of benzene rings is 3. The third-order valence-corrected chi connectivity index (χ3v) is 7.91. The molecule has 0 aliphatic rings. The average Bonchev–Trinajstić information content (AvgIpc) is 2.78. The van der Waals surface area contributed by atoms with Crippen LogP contribution in [0.4, 0.5) is 4.39 Å². The van der Waals surface area contributed by atoms with Crippen molar-refractivity contribution in [2.75, 3.05) is 20.3 Å². The molecule has 7 nitrogen and oxygen atoms in total. The van der Waals surface area contributed by atoms with Gasteiger partial charge in [-0.3, -0.25) is 0 Å². The van der Waals surface area contributed by atoms with Crippen LogP contribution in [-0.2, 0) is 31.4 Å². The topological polar surface area (TPSA) is 90.0 Å². The lowest BCUT2D eigenvalue weighted by Gasteiger charge is -2.22. The summed E-state index contributed by atoms with van der Waals surface area (Å²) in [4.78, 5) is -0.00236. The standard InChI is InChI=1S/C23H24FNO6S2/c1-18-3-11-22(12-4-18)32(26,27)25(15-16-30-2)17-19-5-9-21(10-6-19)31-33(28,29)23-13-7-20(24)8-14-23/h3-14H,15-17H2,1-2H3. The van der Waals surface area contributed by atoms with Gasteiger partial charge < -0.3 is 8.92 Å². The first kappa shape index (κ1) is 24.8. The summed E-state index contributed by atoms with van der Waals surface area (Å²) >= 11 is 0. The molecular weight excluding hydrogens is 469 g/mol. The molecule has 0 bridgehead atoms. The monoisotopic (exact) mass is 493 g/mol. The molecule has 0 aliphatic heterocycles. The Labute approximate surface area is 193 Å². The Morgan fingerprint density at radius 2 is 1.39 bits per heavy atom. The maximum Gasteiger partial charge on any atom is 0.339 e. The Kier molecular flexibility index (Phi) is 7.85. The van der Waals surface area contributed by atoms with Crippen molar-refractivity contribution in [3.8, 4) is 5.75 Å². The molecule has 0 N–H and O–H groups in total. The molecule has 0 atom stereocenters. The smallest absolute Gasteiger partial charge is 0.339 e. The number of rotatable bonds is 10. The van der Waals surface area contributed by atoms with Gasteiger partial charge in [0.05, 0.1) is 11.5 Å². The number of halogens is 1. The van der Waals surface area contributed by atoms with Gasteiger partial charge in [-0.05, 0) is 61.0 Å². The summed E-state index contributed by atoms with van der Waals surface area (Å²) in [6.07, 6.45) is 0. The van der Waals surface area contributed by atoms with Crippen LogP contribution in [0.1, 0.15) is 11.1 Å². The zero-order chi connectivity index (χ0) is 24.1. The van der Waals surface area contributed by atoms with Gasteiger partial charge in [-0.1, -0.05) is 29.8 Å². The van der Waals surface area contributed by atoms with Gasteiger partial charge in [-0.25, -0.2) is 12.8 Å². The predicted octanol–water partition coefficient (Wildman–Crippen LogP) is 3.74. The van der Waals surface area contributed by atoms with Crippen LogP contribution in [0.5, 0.6) is 5.75 Å². The van der Waals surface area contributed by atoms with E-state index in [1.165, 1.54) is 23.5 Å². The number of sulfonamides is 1. The van der Waals surface area contributed by atoms with Crippen LogP contribution in [0.25, 0.3) is 0 Å². The minimum absolute atomic E-state index is 0.0490. The van der Waals surface area contributed by atoms with E-state index in [4.69, 9.17) is 8.92 Å². The van der Waals surface area contributed by atoms with E-state index in [1.54, 1.807) is 36.4 Å². The molecule has 33 heavy (non-hydrogen) atoms. The highest BCUT2D eigenvalue weighted by Crippen LogP contribution is 2.22. The molecule has 0 aliphatic carbocycles. The second-order valence-corrected chi connectivity index (χ2v) is 10.8. The lowest BCUT2D eigenvalue weighted by atomic mass is 10.2. The average molecular weight is 494 g/mol. The predicted molar refractivity (Wildman–Crippen MR) is 121 cm³/mol. The maximum atomic E-state index is 13.1. The Hall–Kier alpha value is -2.79. The number of hydrogen-bond acceptors (Lipinski definition) is 6. The van der Waals surface area contributed by atoms with E-state index in [2.05, 4.69) is 0 Å². The maximum absolute atomic E-state index is 13.1. The van der Waals surface area contributed by atoms with Gasteiger partial charge in [0.15, 0.2) is 0 Å². The van der Waals surface area contributed by atoms with Crippen molar-refractivity contribution in [1.29, 1.82) is 0 Å². The van der Waals surface area contributed by atoms with E-state index in [0.717, 1.165) is 29.8 Å². The highest BCUT2D eigenvalue weighted by molar-refractivity contribution is 7.89. The zero-order valence-corrected chi connectivity index (χ0v) is 19.8. The Morgan fingerprint density at radius 3 is 1.97 bits per heavy atom. The van der Waals surface area contributed by atoms with Crippen molar-refractivity contribution in [3.63, 3.8) is 0 Å². The van der Waals surface area contributed by atoms with E-state index in [1.807, 2.05) is 6.92 Å². The minimum Gasteiger partial charge on any atom is -0.383 e. The highest BCUT2D eigenvalue weighted by atomic mass is 32.2. The minimum atomic E-state index is -4.13. The van der Waals surface area contributed by atoms with Crippen LogP contribution in [0.3, 0.4) is 0 Å². The van der Waals surface area contributed by atoms with E-state index in [-0.39, 0.29) is 35.2 Å². The summed E-state index contributed by atoms with van der Waals surface area (Å²) in [5, 5.41) is 0. The molecule has 176 valence electrons. The highest BCUT2D eigenvalue weighted by Gasteiger charge is 2.24. The third kappa shape index (κ3) is 6.38. The largest absolute Gasteiger partial charge is 0.383 e. The zero-order valence-electron chi connectivity index (χ0n) is 18.1. The lowest BCUT2D eigenvalue weighted by Crippen LogP contribution is -2.33. The first-order chi connectivity index (χ1) is 15.6. The van der Waals surface area contributed by atoms with Crippen LogP contribution in [-0.4, -0.2) is 41.4 Å². The van der Waals surface area contributed by atoms with Gasteiger partial charge in [0.25, 0.3) is 0 Å². The SMILES string of the molecule is COCCN(Cc1ccc(OS(=O)(=O)c2ccc(F)cc2)cc1)S(=O)(=O)c1ccc(C)cc1. The Balaban J connectivity index is 1.77. The molecule has 0 heterocycles. The molecule has 0 radical (unpaired) electrons. The second kappa shape index (κ2) is 10.4. The van der Waals surface area contributed by atoms with Gasteiger partial charge in [-0.2, -0.15) is 12.7 Å². The van der Waals surface area contributed by atoms with E-state index < -0.39 is 26.0 Å². The van der Waals surface area contributed by atoms with Crippen LogP contribution < -0.4 is 4.18 Å². The summed E-state index contributed by atoms with van der Waals surface area (Å²) in [5.41, 5.74) is 1.58. The van der Waals surface area contributed by atoms with Crippen molar-refractivity contribution in [2.24, 2.45) is 0 Å². The number of hydrogen-bond donors (Lipinski definition) is 0. The number of ether oxygens (including phenoxy) is 1. The summed E-state index contributed by atoms with van der Waals surface area (Å²) in [6, 6.07) is 16.9. The molecular formula is C23H24FNO6S2. The summed E-state index contributed by atoms with van der Waals surface area (Å²) < 4.78 is 75.5. The van der Waals surface area contributed by atoms with Gasteiger partial charge >= 0.3 is 10.1 Å². The van der Waals surface area contributed by atoms with Gasteiger partial charge in [-0.15, -0.1) is 0 Å². The van der Waals surface area contributed by atoms with Gasteiger partial charge in [0, 0.05) is 20.2 Å². The molecule has 0 saturated carbocycles. The fraction of sp³-hybridized carbons (Fsp3) is 0.217. The van der Waals surface area contributed by atoms with Crippen LogP contribution in [0.15, 0.2) is 82.6 Å². The van der Waals surface area contributed by atoms with Crippen LogP contribution in [0, 0.1) is 12.7 Å². The molecule has 0 fully saturated rings. The van der Waals surface area contributed by atoms with Crippen molar-refractivity contribution in [3.05, 3.63) is 89.7 Å². The quantitative estimate of drug-likeness (QED) is 0.400. The fourth-order valence-electron chi connectivity index (χ4n) is 2.97. The molecule has 0 spiro atoms. The molecule has 0 aromatic heterocycles.